The molecular formula is C14H19N5O2. The number of amides is 1. The van der Waals surface area contributed by atoms with Gasteiger partial charge < -0.3 is 10.1 Å². The molecule has 0 atom stereocenters. The summed E-state index contributed by atoms with van der Waals surface area (Å²) in [6.45, 7) is 4.57. The maximum atomic E-state index is 11.9. The second kappa shape index (κ2) is 6.83. The van der Waals surface area contributed by atoms with E-state index in [0.29, 0.717) is 12.1 Å². The number of ether oxygens (including phenoxy) is 1. The average Bonchev–Trinajstić information content (AvgIpc) is 2.82. The molecule has 0 saturated carbocycles. The van der Waals surface area contributed by atoms with Gasteiger partial charge >= 0.3 is 6.01 Å². The molecule has 1 amide bonds. The van der Waals surface area contributed by atoms with Crippen LogP contribution in [0, 0.1) is 13.8 Å². The Morgan fingerprint density at radius 1 is 1.33 bits per heavy atom. The first-order valence-electron chi connectivity index (χ1n) is 6.76. The van der Waals surface area contributed by atoms with Crippen LogP contribution in [0.5, 0.6) is 6.01 Å². The number of methoxy groups -OCH3 is 1. The minimum absolute atomic E-state index is 0.182. The lowest BCUT2D eigenvalue weighted by molar-refractivity contribution is 0.0952. The van der Waals surface area contributed by atoms with Gasteiger partial charge in [-0.2, -0.15) is 5.10 Å². The summed E-state index contributed by atoms with van der Waals surface area (Å²) in [5.74, 6) is -0.182. The van der Waals surface area contributed by atoms with Crippen molar-refractivity contribution in [3.8, 4) is 6.01 Å². The Balaban J connectivity index is 1.79. The van der Waals surface area contributed by atoms with Gasteiger partial charge in [0.15, 0.2) is 0 Å². The molecule has 2 aromatic heterocycles. The molecule has 0 unspecified atom stereocenters. The van der Waals surface area contributed by atoms with Crippen LogP contribution in [0.3, 0.4) is 0 Å². The Labute approximate surface area is 123 Å². The lowest BCUT2D eigenvalue weighted by Crippen LogP contribution is -2.25. The molecule has 0 fully saturated rings. The van der Waals surface area contributed by atoms with Crippen LogP contribution in [0.1, 0.15) is 33.7 Å². The van der Waals surface area contributed by atoms with E-state index in [4.69, 9.17) is 4.74 Å². The number of nitrogens with zero attached hydrogens (tertiary/aromatic N) is 3. The Morgan fingerprint density at radius 3 is 2.62 bits per heavy atom. The third kappa shape index (κ3) is 3.77. The number of hydrogen-bond donors (Lipinski definition) is 2. The fourth-order valence-corrected chi connectivity index (χ4v) is 2.05. The van der Waals surface area contributed by atoms with Gasteiger partial charge in [0.25, 0.3) is 5.91 Å². The first-order chi connectivity index (χ1) is 10.1. The molecule has 112 valence electrons. The highest BCUT2D eigenvalue weighted by atomic mass is 16.5. The van der Waals surface area contributed by atoms with Crippen LogP contribution in [0.2, 0.25) is 0 Å². The smallest absolute Gasteiger partial charge is 0.316 e. The molecule has 2 aromatic rings. The summed E-state index contributed by atoms with van der Waals surface area (Å²) < 4.78 is 4.85. The molecule has 21 heavy (non-hydrogen) atoms. The van der Waals surface area contributed by atoms with E-state index in [0.717, 1.165) is 24.2 Å². The van der Waals surface area contributed by atoms with Gasteiger partial charge in [-0.25, -0.2) is 9.97 Å². The average molecular weight is 289 g/mol. The van der Waals surface area contributed by atoms with E-state index in [1.165, 1.54) is 25.1 Å². The van der Waals surface area contributed by atoms with Crippen molar-refractivity contribution in [1.82, 2.24) is 25.5 Å². The summed E-state index contributed by atoms with van der Waals surface area (Å²) >= 11 is 0. The fraction of sp³-hybridized carbons (Fsp3) is 0.429. The van der Waals surface area contributed by atoms with Crippen molar-refractivity contribution in [2.75, 3.05) is 13.7 Å². The van der Waals surface area contributed by atoms with Gasteiger partial charge in [0.1, 0.15) is 0 Å². The van der Waals surface area contributed by atoms with E-state index in [1.807, 2.05) is 13.8 Å². The predicted octanol–water partition coefficient (Wildman–Crippen LogP) is 1.19. The SMILES string of the molecule is COc1ncc(C(=O)NCCCc2c(C)n[nH]c2C)cn1. The molecule has 2 N–H and O–H groups in total. The minimum Gasteiger partial charge on any atom is -0.467 e. The van der Waals surface area contributed by atoms with Gasteiger partial charge in [0.2, 0.25) is 0 Å². The van der Waals surface area contributed by atoms with Crippen LogP contribution in [-0.4, -0.2) is 39.7 Å². The van der Waals surface area contributed by atoms with Gasteiger partial charge in [0, 0.05) is 24.6 Å². The molecule has 2 rings (SSSR count). The highest BCUT2D eigenvalue weighted by molar-refractivity contribution is 5.93. The second-order valence-corrected chi connectivity index (χ2v) is 4.73. The highest BCUT2D eigenvalue weighted by Crippen LogP contribution is 2.11. The molecule has 0 spiro atoms. The van der Waals surface area contributed by atoms with Crippen molar-refractivity contribution in [2.24, 2.45) is 0 Å². The van der Waals surface area contributed by atoms with Gasteiger partial charge in [-0.15, -0.1) is 0 Å². The van der Waals surface area contributed by atoms with Crippen LogP contribution in [-0.2, 0) is 6.42 Å². The Bertz CT molecular complexity index is 587. The number of rotatable bonds is 6. The molecule has 7 heteroatoms. The van der Waals surface area contributed by atoms with E-state index in [2.05, 4.69) is 25.5 Å². The monoisotopic (exact) mass is 289 g/mol. The van der Waals surface area contributed by atoms with Crippen LogP contribution in [0.25, 0.3) is 0 Å². The first kappa shape index (κ1) is 15.0. The zero-order valence-corrected chi connectivity index (χ0v) is 12.4. The summed E-state index contributed by atoms with van der Waals surface area (Å²) in [4.78, 5) is 19.7. The van der Waals surface area contributed by atoms with E-state index < -0.39 is 0 Å². The summed E-state index contributed by atoms with van der Waals surface area (Å²) in [6, 6.07) is 0.248. The quantitative estimate of drug-likeness (QED) is 0.779. The largest absolute Gasteiger partial charge is 0.467 e. The molecule has 2 heterocycles. The summed E-state index contributed by atoms with van der Waals surface area (Å²) in [7, 11) is 1.48. The Kier molecular flexibility index (Phi) is 4.86. The zero-order valence-electron chi connectivity index (χ0n) is 12.4. The molecule has 7 nitrogen and oxygen atoms in total. The number of hydrogen-bond acceptors (Lipinski definition) is 5. The minimum atomic E-state index is -0.182. The Morgan fingerprint density at radius 2 is 2.05 bits per heavy atom. The van der Waals surface area contributed by atoms with E-state index in [-0.39, 0.29) is 11.9 Å². The van der Waals surface area contributed by atoms with Crippen LogP contribution in [0.15, 0.2) is 12.4 Å². The molecular weight excluding hydrogens is 270 g/mol. The number of carbonyl (C=O) groups excluding carboxylic acids is 1. The highest BCUT2D eigenvalue weighted by Gasteiger charge is 2.08. The summed E-state index contributed by atoms with van der Waals surface area (Å²) in [6.07, 6.45) is 4.63. The standard InChI is InChI=1S/C14H19N5O2/c1-9-12(10(2)19-18-9)5-4-6-15-13(20)11-7-16-14(21-3)17-8-11/h7-8H,4-6H2,1-3H3,(H,15,20)(H,18,19). The van der Waals surface area contributed by atoms with Gasteiger partial charge in [-0.3, -0.25) is 9.89 Å². The van der Waals surface area contributed by atoms with Crippen LogP contribution < -0.4 is 10.1 Å². The van der Waals surface area contributed by atoms with Gasteiger partial charge in [-0.05, 0) is 32.3 Å². The van der Waals surface area contributed by atoms with Crippen molar-refractivity contribution in [2.45, 2.75) is 26.7 Å². The van der Waals surface area contributed by atoms with E-state index >= 15 is 0 Å². The summed E-state index contributed by atoms with van der Waals surface area (Å²) in [5, 5.41) is 9.96. The maximum absolute atomic E-state index is 11.9. The topological polar surface area (TPSA) is 92.8 Å². The second-order valence-electron chi connectivity index (χ2n) is 4.73. The fourth-order valence-electron chi connectivity index (χ4n) is 2.05. The number of aromatic nitrogens is 4. The molecule has 0 aliphatic carbocycles. The third-order valence-corrected chi connectivity index (χ3v) is 3.24. The van der Waals surface area contributed by atoms with Crippen molar-refractivity contribution in [1.29, 1.82) is 0 Å². The normalized spacial score (nSPS) is 10.4. The lowest BCUT2D eigenvalue weighted by Gasteiger charge is -2.05. The van der Waals surface area contributed by atoms with Gasteiger partial charge in [0.05, 0.1) is 18.4 Å². The third-order valence-electron chi connectivity index (χ3n) is 3.24. The van der Waals surface area contributed by atoms with Gasteiger partial charge in [-0.1, -0.05) is 0 Å². The Hall–Kier alpha value is -2.44. The van der Waals surface area contributed by atoms with Crippen molar-refractivity contribution < 1.29 is 9.53 Å². The van der Waals surface area contributed by atoms with E-state index in [1.54, 1.807) is 0 Å². The maximum Gasteiger partial charge on any atom is 0.316 e. The molecule has 0 saturated heterocycles. The molecule has 0 bridgehead atoms. The number of aryl methyl sites for hydroxylation is 2. The first-order valence-corrected chi connectivity index (χ1v) is 6.76. The molecule has 0 aliphatic rings. The van der Waals surface area contributed by atoms with E-state index in [9.17, 15) is 4.79 Å². The number of nitrogens with one attached hydrogen (secondary N) is 2. The lowest BCUT2D eigenvalue weighted by atomic mass is 10.1. The van der Waals surface area contributed by atoms with Crippen molar-refractivity contribution in [3.05, 3.63) is 34.9 Å². The van der Waals surface area contributed by atoms with Crippen LogP contribution >= 0.6 is 0 Å². The number of aromatic amines is 1. The molecule has 0 aromatic carbocycles. The zero-order chi connectivity index (χ0) is 15.2. The van der Waals surface area contributed by atoms with Crippen molar-refractivity contribution in [3.63, 3.8) is 0 Å². The number of carbonyl (C=O) groups is 1. The molecule has 0 aliphatic heterocycles. The van der Waals surface area contributed by atoms with Crippen molar-refractivity contribution >= 4 is 5.91 Å². The summed E-state index contributed by atoms with van der Waals surface area (Å²) in [5.41, 5.74) is 3.74. The number of H-pyrrole nitrogens is 1. The van der Waals surface area contributed by atoms with Crippen LogP contribution in [0.4, 0.5) is 0 Å². The predicted molar refractivity (Wildman–Crippen MR) is 77.3 cm³/mol. The molecule has 0 radical (unpaired) electrons.